The van der Waals surface area contributed by atoms with Gasteiger partial charge in [-0.3, -0.25) is 0 Å². The summed E-state index contributed by atoms with van der Waals surface area (Å²) in [5.74, 6) is 0.635. The quantitative estimate of drug-likeness (QED) is 0.512. The van der Waals surface area contributed by atoms with Crippen LogP contribution >= 0.6 is 0 Å². The van der Waals surface area contributed by atoms with E-state index in [1.807, 2.05) is 6.08 Å². The Morgan fingerprint density at radius 1 is 1.40 bits per heavy atom. The highest BCUT2D eigenvalue weighted by Gasteiger charge is 2.21. The van der Waals surface area contributed by atoms with Crippen molar-refractivity contribution in [2.75, 3.05) is 0 Å². The average molecular weight is 130 g/mol. The highest BCUT2D eigenvalue weighted by Crippen LogP contribution is 2.34. The summed E-state index contributed by atoms with van der Waals surface area (Å²) in [7, 11) is 0. The van der Waals surface area contributed by atoms with Crippen LogP contribution < -0.4 is 0 Å². The van der Waals surface area contributed by atoms with Crippen molar-refractivity contribution in [2.24, 2.45) is 0 Å². The number of benzene rings is 1. The van der Waals surface area contributed by atoms with E-state index in [0.29, 0.717) is 5.92 Å². The van der Waals surface area contributed by atoms with E-state index in [9.17, 15) is 0 Å². The van der Waals surface area contributed by atoms with Crippen LogP contribution in [0.15, 0.2) is 36.9 Å². The fourth-order valence-corrected chi connectivity index (χ4v) is 1.51. The molecule has 0 unspecified atom stereocenters. The molecule has 0 bridgehead atoms. The van der Waals surface area contributed by atoms with Crippen LogP contribution in [-0.4, -0.2) is 0 Å². The first-order chi connectivity index (χ1) is 4.92. The molecule has 0 nitrogen and oxygen atoms in total. The van der Waals surface area contributed by atoms with E-state index in [1.54, 1.807) is 0 Å². The van der Waals surface area contributed by atoms with Gasteiger partial charge in [0.2, 0.25) is 0 Å². The number of fused-ring (bicyclic) bond motifs is 1. The lowest BCUT2D eigenvalue weighted by Gasteiger charge is -2.26. The molecule has 0 aliphatic heterocycles. The van der Waals surface area contributed by atoms with Crippen LogP contribution in [0.4, 0.5) is 0 Å². The van der Waals surface area contributed by atoms with Crippen molar-refractivity contribution < 1.29 is 0 Å². The van der Waals surface area contributed by atoms with E-state index in [2.05, 4.69) is 30.8 Å². The molecule has 0 spiro atoms. The molecule has 1 atom stereocenters. The first kappa shape index (κ1) is 5.72. The van der Waals surface area contributed by atoms with E-state index in [4.69, 9.17) is 0 Å². The molecule has 0 saturated carbocycles. The van der Waals surface area contributed by atoms with Gasteiger partial charge in [0.05, 0.1) is 0 Å². The van der Waals surface area contributed by atoms with Crippen LogP contribution in [0, 0.1) is 0 Å². The van der Waals surface area contributed by atoms with Gasteiger partial charge in [-0.15, -0.1) is 6.58 Å². The number of hydrogen-bond donors (Lipinski definition) is 0. The van der Waals surface area contributed by atoms with Gasteiger partial charge in [0.15, 0.2) is 0 Å². The summed E-state index contributed by atoms with van der Waals surface area (Å²) < 4.78 is 0. The molecule has 2 rings (SSSR count). The molecule has 1 aromatic rings. The smallest absolute Gasteiger partial charge is 0.00585 e. The van der Waals surface area contributed by atoms with Crippen LogP contribution in [0.5, 0.6) is 0 Å². The van der Waals surface area contributed by atoms with Crippen molar-refractivity contribution in [3.8, 4) is 0 Å². The Hall–Kier alpha value is -1.04. The molecular formula is C10H10. The third-order valence-electron chi connectivity index (χ3n) is 2.18. The molecule has 1 aromatic carbocycles. The van der Waals surface area contributed by atoms with Gasteiger partial charge in [-0.25, -0.2) is 0 Å². The highest BCUT2D eigenvalue weighted by atomic mass is 14.2. The maximum absolute atomic E-state index is 3.78. The summed E-state index contributed by atoms with van der Waals surface area (Å²) in [6.07, 6.45) is 3.22. The molecule has 0 radical (unpaired) electrons. The third kappa shape index (κ3) is 0.621. The Morgan fingerprint density at radius 2 is 2.20 bits per heavy atom. The molecular weight excluding hydrogens is 120 g/mol. The second kappa shape index (κ2) is 1.98. The third-order valence-corrected chi connectivity index (χ3v) is 2.18. The summed E-state index contributed by atoms with van der Waals surface area (Å²) in [4.78, 5) is 0. The zero-order chi connectivity index (χ0) is 6.97. The zero-order valence-electron chi connectivity index (χ0n) is 5.88. The topological polar surface area (TPSA) is 0 Å². The summed E-state index contributed by atoms with van der Waals surface area (Å²) in [5.41, 5.74) is 2.96. The Bertz CT molecular complexity index is 260. The second-order valence-electron chi connectivity index (χ2n) is 2.75. The average Bonchev–Trinajstić information content (AvgIpc) is 1.92. The standard InChI is InChI=1S/C10H10/c1-2-8-7-9-5-3-4-6-10(8)9/h2-6,8H,1,7H2/t8-/m0/s1. The minimum Gasteiger partial charge on any atom is -0.102 e. The van der Waals surface area contributed by atoms with Gasteiger partial charge in [0, 0.05) is 5.92 Å². The Morgan fingerprint density at radius 3 is 2.90 bits per heavy atom. The molecule has 50 valence electrons. The van der Waals surface area contributed by atoms with Crippen LogP contribution in [0.25, 0.3) is 0 Å². The maximum atomic E-state index is 3.78. The van der Waals surface area contributed by atoms with E-state index >= 15 is 0 Å². The fraction of sp³-hybridized carbons (Fsp3) is 0.200. The first-order valence-corrected chi connectivity index (χ1v) is 3.62. The zero-order valence-corrected chi connectivity index (χ0v) is 5.88. The predicted octanol–water partition coefficient (Wildman–Crippen LogP) is 2.51. The monoisotopic (exact) mass is 130 g/mol. The van der Waals surface area contributed by atoms with Crippen molar-refractivity contribution in [3.63, 3.8) is 0 Å². The molecule has 0 amide bonds. The largest absolute Gasteiger partial charge is 0.102 e. The molecule has 10 heavy (non-hydrogen) atoms. The minimum atomic E-state index is 0.635. The van der Waals surface area contributed by atoms with Gasteiger partial charge in [-0.1, -0.05) is 30.3 Å². The van der Waals surface area contributed by atoms with Crippen LogP contribution in [0.3, 0.4) is 0 Å². The Balaban J connectivity index is 2.42. The van der Waals surface area contributed by atoms with Gasteiger partial charge in [-0.05, 0) is 17.5 Å². The van der Waals surface area contributed by atoms with Gasteiger partial charge >= 0.3 is 0 Å². The summed E-state index contributed by atoms with van der Waals surface area (Å²) >= 11 is 0. The van der Waals surface area contributed by atoms with E-state index in [0.717, 1.165) is 0 Å². The van der Waals surface area contributed by atoms with Crippen LogP contribution in [0.1, 0.15) is 17.0 Å². The van der Waals surface area contributed by atoms with Crippen molar-refractivity contribution in [1.29, 1.82) is 0 Å². The SMILES string of the molecule is C=C[C@H]1Cc2ccccc21. The lowest BCUT2D eigenvalue weighted by atomic mass is 9.78. The lowest BCUT2D eigenvalue weighted by Crippen LogP contribution is -2.13. The lowest BCUT2D eigenvalue weighted by molar-refractivity contribution is 0.734. The molecule has 0 aromatic heterocycles. The van der Waals surface area contributed by atoms with Gasteiger partial charge < -0.3 is 0 Å². The molecule has 0 heteroatoms. The van der Waals surface area contributed by atoms with E-state index in [-0.39, 0.29) is 0 Å². The van der Waals surface area contributed by atoms with Crippen molar-refractivity contribution in [3.05, 3.63) is 48.0 Å². The van der Waals surface area contributed by atoms with Crippen LogP contribution in [-0.2, 0) is 6.42 Å². The summed E-state index contributed by atoms with van der Waals surface area (Å²) in [6, 6.07) is 8.56. The molecule has 1 aliphatic rings. The minimum absolute atomic E-state index is 0.635. The Kier molecular flexibility index (Phi) is 1.13. The number of hydrogen-bond acceptors (Lipinski definition) is 0. The normalized spacial score (nSPS) is 21.0. The van der Waals surface area contributed by atoms with Crippen molar-refractivity contribution >= 4 is 0 Å². The van der Waals surface area contributed by atoms with E-state index < -0.39 is 0 Å². The molecule has 0 saturated heterocycles. The number of allylic oxidation sites excluding steroid dienone is 1. The maximum Gasteiger partial charge on any atom is 0.00585 e. The van der Waals surface area contributed by atoms with Crippen molar-refractivity contribution in [1.82, 2.24) is 0 Å². The number of rotatable bonds is 1. The van der Waals surface area contributed by atoms with Gasteiger partial charge in [0.25, 0.3) is 0 Å². The van der Waals surface area contributed by atoms with E-state index in [1.165, 1.54) is 17.5 Å². The molecule has 0 N–H and O–H groups in total. The van der Waals surface area contributed by atoms with Gasteiger partial charge in [0.1, 0.15) is 0 Å². The second-order valence-corrected chi connectivity index (χ2v) is 2.75. The first-order valence-electron chi connectivity index (χ1n) is 3.62. The Labute approximate surface area is 61.2 Å². The predicted molar refractivity (Wildman–Crippen MR) is 43.1 cm³/mol. The van der Waals surface area contributed by atoms with Crippen molar-refractivity contribution in [2.45, 2.75) is 12.3 Å². The fourth-order valence-electron chi connectivity index (χ4n) is 1.51. The molecule has 1 aliphatic carbocycles. The molecule has 0 heterocycles. The highest BCUT2D eigenvalue weighted by molar-refractivity contribution is 5.42. The summed E-state index contributed by atoms with van der Waals surface area (Å²) in [5, 5.41) is 0. The van der Waals surface area contributed by atoms with Crippen LogP contribution in [0.2, 0.25) is 0 Å². The van der Waals surface area contributed by atoms with Gasteiger partial charge in [-0.2, -0.15) is 0 Å². The molecule has 0 fully saturated rings. The summed E-state index contributed by atoms with van der Waals surface area (Å²) in [6.45, 7) is 3.78.